The van der Waals surface area contributed by atoms with Gasteiger partial charge in [-0.3, -0.25) is 0 Å². The summed E-state index contributed by atoms with van der Waals surface area (Å²) in [6, 6.07) is 20.1. The van der Waals surface area contributed by atoms with Crippen LogP contribution in [0.4, 0.5) is 27.7 Å². The van der Waals surface area contributed by atoms with E-state index in [4.69, 9.17) is 21.3 Å². The van der Waals surface area contributed by atoms with Crippen LogP contribution in [0.3, 0.4) is 0 Å². The minimum absolute atomic E-state index is 0.377. The monoisotopic (exact) mass is 498 g/mol. The van der Waals surface area contributed by atoms with Crippen molar-refractivity contribution in [1.29, 1.82) is 0 Å². The lowest BCUT2D eigenvalue weighted by Crippen LogP contribution is -2.19. The summed E-state index contributed by atoms with van der Waals surface area (Å²) < 4.78 is 7.24. The zero-order valence-corrected chi connectivity index (χ0v) is 20.4. The number of hydrogen-bond acceptors (Lipinski definition) is 5. The Balaban J connectivity index is 1.41. The Bertz CT molecular complexity index is 1570. The number of urea groups is 1. The largest absolute Gasteiger partial charge is 0.495 e. The molecule has 36 heavy (non-hydrogen) atoms. The number of hydrogen-bond donors (Lipinski definition) is 3. The fraction of sp³-hybridized carbons (Fsp3) is 0.0741. The van der Waals surface area contributed by atoms with Gasteiger partial charge in [0.15, 0.2) is 11.5 Å². The second-order valence-electron chi connectivity index (χ2n) is 8.13. The summed E-state index contributed by atoms with van der Waals surface area (Å²) >= 11 is 6.14. The summed E-state index contributed by atoms with van der Waals surface area (Å²) in [6.45, 7) is 1.95. The first-order chi connectivity index (χ1) is 17.5. The number of amides is 2. The Morgan fingerprint density at radius 1 is 1.00 bits per heavy atom. The number of nitrogens with one attached hydrogen (secondary N) is 3. The van der Waals surface area contributed by atoms with Gasteiger partial charge in [-0.25, -0.2) is 14.8 Å². The van der Waals surface area contributed by atoms with Crippen LogP contribution in [-0.2, 0) is 0 Å². The normalized spacial score (nSPS) is 10.8. The Hall–Kier alpha value is -4.56. The second kappa shape index (κ2) is 9.97. The zero-order valence-electron chi connectivity index (χ0n) is 19.6. The van der Waals surface area contributed by atoms with Gasteiger partial charge in [-0.05, 0) is 55.0 Å². The number of nitrogens with zero attached hydrogens (tertiary/aromatic N) is 3. The van der Waals surface area contributed by atoms with Crippen molar-refractivity contribution in [3.63, 3.8) is 0 Å². The van der Waals surface area contributed by atoms with E-state index in [-0.39, 0.29) is 6.03 Å². The maximum absolute atomic E-state index is 12.7. The van der Waals surface area contributed by atoms with Crippen molar-refractivity contribution in [2.45, 2.75) is 6.92 Å². The molecule has 0 unspecified atom stereocenters. The number of imidazole rings is 1. The number of ether oxygens (including phenoxy) is 1. The Labute approximate surface area is 212 Å². The molecule has 180 valence electrons. The molecular formula is C27H23ClN6O2. The first-order valence-corrected chi connectivity index (χ1v) is 11.6. The summed E-state index contributed by atoms with van der Waals surface area (Å²) in [7, 11) is 1.57. The number of aryl methyl sites for hydroxylation is 1. The molecular weight excluding hydrogens is 476 g/mol. The van der Waals surface area contributed by atoms with Gasteiger partial charge < -0.3 is 25.1 Å². The first kappa shape index (κ1) is 23.2. The maximum atomic E-state index is 12.7. The molecule has 5 rings (SSSR count). The van der Waals surface area contributed by atoms with Crippen molar-refractivity contribution in [2.24, 2.45) is 0 Å². The lowest BCUT2D eigenvalue weighted by molar-refractivity contribution is 0.262. The molecule has 0 aliphatic rings. The molecule has 9 heteroatoms. The molecule has 0 fully saturated rings. The standard InChI is InChI=1S/C27H23ClN6O2/c1-17-9-10-24(36-2)22(13-17)33-27(35)31-20-7-3-5-18(14-20)23-16-34-12-11-29-26(34)25(32-23)30-21-8-4-6-19(28)15-21/h3-16H,1-2H3,(H,30,32)(H2,31,33,35). The van der Waals surface area contributed by atoms with Crippen molar-refractivity contribution in [3.8, 4) is 17.0 Å². The Kier molecular flexibility index (Phi) is 6.42. The van der Waals surface area contributed by atoms with Gasteiger partial charge in [0.05, 0.1) is 18.5 Å². The quantitative estimate of drug-likeness (QED) is 0.240. The molecule has 0 saturated carbocycles. The lowest BCUT2D eigenvalue weighted by atomic mass is 10.1. The predicted molar refractivity (Wildman–Crippen MR) is 144 cm³/mol. The topological polar surface area (TPSA) is 92.6 Å². The SMILES string of the molecule is COc1ccc(C)cc1NC(=O)Nc1cccc(-c2cn3ccnc3c(Nc3cccc(Cl)c3)n2)c1. The molecule has 2 aromatic heterocycles. The Morgan fingerprint density at radius 2 is 1.83 bits per heavy atom. The van der Waals surface area contributed by atoms with Crippen LogP contribution in [0.1, 0.15) is 5.56 Å². The molecule has 3 N–H and O–H groups in total. The zero-order chi connectivity index (χ0) is 25.1. The third-order valence-corrected chi connectivity index (χ3v) is 5.72. The van der Waals surface area contributed by atoms with Gasteiger partial charge in [0, 0.05) is 40.6 Å². The third-order valence-electron chi connectivity index (χ3n) is 5.48. The van der Waals surface area contributed by atoms with Crippen molar-refractivity contribution in [1.82, 2.24) is 14.4 Å². The third kappa shape index (κ3) is 5.08. The fourth-order valence-corrected chi connectivity index (χ4v) is 4.01. The highest BCUT2D eigenvalue weighted by atomic mass is 35.5. The molecule has 5 aromatic rings. The van der Waals surface area contributed by atoms with Gasteiger partial charge >= 0.3 is 6.03 Å². The van der Waals surface area contributed by atoms with E-state index in [0.29, 0.717) is 39.3 Å². The van der Waals surface area contributed by atoms with Crippen molar-refractivity contribution < 1.29 is 9.53 Å². The molecule has 0 radical (unpaired) electrons. The van der Waals surface area contributed by atoms with Crippen LogP contribution < -0.4 is 20.7 Å². The molecule has 0 saturated heterocycles. The second-order valence-corrected chi connectivity index (χ2v) is 8.57. The summed E-state index contributed by atoms with van der Waals surface area (Å²) in [5.41, 5.74) is 5.23. The van der Waals surface area contributed by atoms with Crippen molar-refractivity contribution >= 4 is 46.2 Å². The fourth-order valence-electron chi connectivity index (χ4n) is 3.82. The van der Waals surface area contributed by atoms with Gasteiger partial charge in [0.1, 0.15) is 5.75 Å². The number of halogens is 1. The number of carbonyl (C=O) groups is 1. The van der Waals surface area contributed by atoms with E-state index in [1.165, 1.54) is 0 Å². The molecule has 0 spiro atoms. The smallest absolute Gasteiger partial charge is 0.323 e. The molecule has 0 bridgehead atoms. The van der Waals surface area contributed by atoms with Crippen LogP contribution >= 0.6 is 11.6 Å². The number of carbonyl (C=O) groups excluding carboxylic acids is 1. The summed E-state index contributed by atoms with van der Waals surface area (Å²) in [5, 5.41) is 9.65. The molecule has 0 atom stereocenters. The number of rotatable bonds is 6. The summed E-state index contributed by atoms with van der Waals surface area (Å²) in [6.07, 6.45) is 5.46. The van der Waals surface area contributed by atoms with E-state index in [1.807, 2.05) is 90.4 Å². The molecule has 8 nitrogen and oxygen atoms in total. The van der Waals surface area contributed by atoms with E-state index >= 15 is 0 Å². The van der Waals surface area contributed by atoms with Gasteiger partial charge in [-0.15, -0.1) is 0 Å². The molecule has 2 amide bonds. The lowest BCUT2D eigenvalue weighted by Gasteiger charge is -2.13. The minimum Gasteiger partial charge on any atom is -0.495 e. The highest BCUT2D eigenvalue weighted by Gasteiger charge is 2.12. The number of benzene rings is 3. The van der Waals surface area contributed by atoms with Gasteiger partial charge in [0.2, 0.25) is 0 Å². The van der Waals surface area contributed by atoms with Crippen LogP contribution in [0.2, 0.25) is 5.02 Å². The molecule has 3 aromatic carbocycles. The number of aromatic nitrogens is 3. The molecule has 0 aliphatic carbocycles. The van der Waals surface area contributed by atoms with E-state index < -0.39 is 0 Å². The van der Waals surface area contributed by atoms with Crippen LogP contribution in [0.25, 0.3) is 16.9 Å². The average Bonchev–Trinajstić information content (AvgIpc) is 3.34. The van der Waals surface area contributed by atoms with Gasteiger partial charge in [-0.1, -0.05) is 35.9 Å². The highest BCUT2D eigenvalue weighted by molar-refractivity contribution is 6.30. The van der Waals surface area contributed by atoms with Crippen molar-refractivity contribution in [3.05, 3.63) is 95.9 Å². The molecule has 2 heterocycles. The first-order valence-electron chi connectivity index (χ1n) is 11.2. The van der Waals surface area contributed by atoms with Crippen LogP contribution in [0.15, 0.2) is 85.3 Å². The van der Waals surface area contributed by atoms with E-state index in [2.05, 4.69) is 20.9 Å². The van der Waals surface area contributed by atoms with Gasteiger partial charge in [0.25, 0.3) is 0 Å². The Morgan fingerprint density at radius 3 is 2.67 bits per heavy atom. The number of methoxy groups -OCH3 is 1. The average molecular weight is 499 g/mol. The van der Waals surface area contributed by atoms with E-state index in [1.54, 1.807) is 13.3 Å². The van der Waals surface area contributed by atoms with E-state index in [9.17, 15) is 4.79 Å². The minimum atomic E-state index is -0.377. The van der Waals surface area contributed by atoms with Crippen LogP contribution in [0.5, 0.6) is 5.75 Å². The predicted octanol–water partition coefficient (Wildman–Crippen LogP) is 6.75. The summed E-state index contributed by atoms with van der Waals surface area (Å²) in [5.74, 6) is 1.17. The summed E-state index contributed by atoms with van der Waals surface area (Å²) in [4.78, 5) is 21.9. The highest BCUT2D eigenvalue weighted by Crippen LogP contribution is 2.28. The van der Waals surface area contributed by atoms with Crippen molar-refractivity contribution in [2.75, 3.05) is 23.1 Å². The van der Waals surface area contributed by atoms with E-state index in [0.717, 1.165) is 16.8 Å². The number of anilines is 4. The number of fused-ring (bicyclic) bond motifs is 1. The van der Waals surface area contributed by atoms with Crippen LogP contribution in [-0.4, -0.2) is 27.5 Å². The van der Waals surface area contributed by atoms with Crippen LogP contribution in [0, 0.1) is 6.92 Å². The van der Waals surface area contributed by atoms with Gasteiger partial charge in [-0.2, -0.15) is 0 Å². The maximum Gasteiger partial charge on any atom is 0.323 e. The molecule has 0 aliphatic heterocycles.